The van der Waals surface area contributed by atoms with Crippen LogP contribution in [0.4, 0.5) is 0 Å². The monoisotopic (exact) mass is 258 g/mol. The van der Waals surface area contributed by atoms with Crippen molar-refractivity contribution in [3.8, 4) is 0 Å². The van der Waals surface area contributed by atoms with Gasteiger partial charge in [-0.3, -0.25) is 4.90 Å². The van der Waals surface area contributed by atoms with Gasteiger partial charge in [-0.25, -0.2) is 0 Å². The molecule has 0 aromatic rings. The van der Waals surface area contributed by atoms with Gasteiger partial charge < -0.3 is 15.2 Å². The zero-order valence-electron chi connectivity index (χ0n) is 12.2. The standard InChI is InChI=1S/C14H30N2O2/c1-16(12-8-6-4-5-7-9-12)13(11-15)10-14(17-2)18-3/h12-14H,4-11,15H2,1-3H3. The maximum atomic E-state index is 5.92. The van der Waals surface area contributed by atoms with Crippen molar-refractivity contribution in [2.45, 2.75) is 63.3 Å². The third-order valence-corrected chi connectivity index (χ3v) is 4.24. The normalized spacial score (nSPS) is 20.3. The van der Waals surface area contributed by atoms with E-state index >= 15 is 0 Å². The number of rotatable bonds is 7. The van der Waals surface area contributed by atoms with E-state index in [0.29, 0.717) is 18.6 Å². The van der Waals surface area contributed by atoms with Crippen molar-refractivity contribution in [2.24, 2.45) is 5.73 Å². The molecular formula is C14H30N2O2. The molecule has 108 valence electrons. The van der Waals surface area contributed by atoms with Crippen molar-refractivity contribution < 1.29 is 9.47 Å². The van der Waals surface area contributed by atoms with E-state index in [1.807, 2.05) is 0 Å². The number of methoxy groups -OCH3 is 2. The summed E-state index contributed by atoms with van der Waals surface area (Å²) in [5.41, 5.74) is 5.92. The molecule has 1 aliphatic rings. The maximum absolute atomic E-state index is 5.92. The van der Waals surface area contributed by atoms with E-state index in [0.717, 1.165) is 6.42 Å². The Balaban J connectivity index is 2.50. The van der Waals surface area contributed by atoms with Crippen LogP contribution >= 0.6 is 0 Å². The Hall–Kier alpha value is -0.160. The second-order valence-corrected chi connectivity index (χ2v) is 5.34. The molecule has 0 bridgehead atoms. The van der Waals surface area contributed by atoms with Crippen molar-refractivity contribution >= 4 is 0 Å². The van der Waals surface area contributed by atoms with Crippen molar-refractivity contribution in [2.75, 3.05) is 27.8 Å². The first-order valence-corrected chi connectivity index (χ1v) is 7.20. The van der Waals surface area contributed by atoms with Crippen LogP contribution in [0.1, 0.15) is 44.9 Å². The Bertz CT molecular complexity index is 202. The molecule has 1 fully saturated rings. The first kappa shape index (κ1) is 15.9. The van der Waals surface area contributed by atoms with Gasteiger partial charge in [0, 0.05) is 39.3 Å². The highest BCUT2D eigenvalue weighted by molar-refractivity contribution is 4.80. The molecule has 4 heteroatoms. The molecule has 18 heavy (non-hydrogen) atoms. The molecule has 1 aliphatic carbocycles. The summed E-state index contributed by atoms with van der Waals surface area (Å²) in [6.45, 7) is 0.663. The van der Waals surface area contributed by atoms with Crippen LogP contribution in [0.3, 0.4) is 0 Å². The number of ether oxygens (including phenoxy) is 2. The molecule has 0 amide bonds. The van der Waals surface area contributed by atoms with E-state index in [1.165, 1.54) is 38.5 Å². The Morgan fingerprint density at radius 3 is 2.11 bits per heavy atom. The number of hydrogen-bond acceptors (Lipinski definition) is 4. The van der Waals surface area contributed by atoms with E-state index in [2.05, 4.69) is 11.9 Å². The second-order valence-electron chi connectivity index (χ2n) is 5.34. The maximum Gasteiger partial charge on any atom is 0.158 e. The van der Waals surface area contributed by atoms with Crippen LogP contribution in [0.2, 0.25) is 0 Å². The lowest BCUT2D eigenvalue weighted by molar-refractivity contribution is -0.117. The molecule has 1 saturated carbocycles. The van der Waals surface area contributed by atoms with Crippen LogP contribution in [0, 0.1) is 0 Å². The average Bonchev–Trinajstić information content (AvgIpc) is 2.68. The fourth-order valence-electron chi connectivity index (χ4n) is 2.90. The Kier molecular flexibility index (Phi) is 7.82. The highest BCUT2D eigenvalue weighted by Gasteiger charge is 2.25. The van der Waals surface area contributed by atoms with Gasteiger partial charge in [-0.05, 0) is 19.9 Å². The van der Waals surface area contributed by atoms with Gasteiger partial charge >= 0.3 is 0 Å². The molecule has 0 spiro atoms. The van der Waals surface area contributed by atoms with Gasteiger partial charge in [0.2, 0.25) is 0 Å². The quantitative estimate of drug-likeness (QED) is 0.560. The topological polar surface area (TPSA) is 47.7 Å². The highest BCUT2D eigenvalue weighted by Crippen LogP contribution is 2.23. The van der Waals surface area contributed by atoms with Crippen LogP contribution in [0.5, 0.6) is 0 Å². The fourth-order valence-corrected chi connectivity index (χ4v) is 2.90. The second kappa shape index (κ2) is 8.86. The highest BCUT2D eigenvalue weighted by atomic mass is 16.7. The van der Waals surface area contributed by atoms with Gasteiger partial charge in [-0.15, -0.1) is 0 Å². The first-order chi connectivity index (χ1) is 8.72. The molecule has 0 radical (unpaired) electrons. The molecule has 1 unspecified atom stereocenters. The lowest BCUT2D eigenvalue weighted by atomic mass is 10.0. The summed E-state index contributed by atoms with van der Waals surface area (Å²) in [5, 5.41) is 0. The van der Waals surface area contributed by atoms with Crippen molar-refractivity contribution in [3.05, 3.63) is 0 Å². The van der Waals surface area contributed by atoms with Gasteiger partial charge in [-0.2, -0.15) is 0 Å². The van der Waals surface area contributed by atoms with Crippen molar-refractivity contribution in [3.63, 3.8) is 0 Å². The van der Waals surface area contributed by atoms with Gasteiger partial charge in [-0.1, -0.05) is 25.7 Å². The van der Waals surface area contributed by atoms with Crippen LogP contribution < -0.4 is 5.73 Å². The molecule has 0 aromatic heterocycles. The molecule has 0 aliphatic heterocycles. The summed E-state index contributed by atoms with van der Waals surface area (Å²) in [5.74, 6) is 0. The largest absolute Gasteiger partial charge is 0.356 e. The summed E-state index contributed by atoms with van der Waals surface area (Å²) in [7, 11) is 5.58. The summed E-state index contributed by atoms with van der Waals surface area (Å²) in [6.07, 6.45) is 8.78. The van der Waals surface area contributed by atoms with Gasteiger partial charge in [0.05, 0.1) is 0 Å². The van der Waals surface area contributed by atoms with Crippen LogP contribution in [-0.4, -0.2) is 51.1 Å². The Morgan fingerprint density at radius 2 is 1.67 bits per heavy atom. The number of likely N-dealkylation sites (N-methyl/N-ethyl adjacent to an activating group) is 1. The van der Waals surface area contributed by atoms with Crippen molar-refractivity contribution in [1.82, 2.24) is 4.90 Å². The summed E-state index contributed by atoms with van der Waals surface area (Å²) >= 11 is 0. The molecule has 2 N–H and O–H groups in total. The fraction of sp³-hybridized carbons (Fsp3) is 1.00. The minimum atomic E-state index is -0.147. The average molecular weight is 258 g/mol. The third kappa shape index (κ3) is 4.84. The molecule has 4 nitrogen and oxygen atoms in total. The summed E-state index contributed by atoms with van der Waals surface area (Å²) < 4.78 is 10.6. The van der Waals surface area contributed by atoms with Crippen LogP contribution in [-0.2, 0) is 9.47 Å². The number of nitrogens with two attached hydrogens (primary N) is 1. The molecule has 1 rings (SSSR count). The SMILES string of the molecule is COC(CC(CN)N(C)C1CCCCCC1)OC. The van der Waals surface area contributed by atoms with Gasteiger partial charge in [0.15, 0.2) is 6.29 Å². The minimum absolute atomic E-state index is 0.147. The van der Waals surface area contributed by atoms with Gasteiger partial charge in [0.1, 0.15) is 0 Å². The first-order valence-electron chi connectivity index (χ1n) is 7.20. The Labute approximate surface area is 112 Å². The smallest absolute Gasteiger partial charge is 0.158 e. The van der Waals surface area contributed by atoms with Crippen LogP contribution in [0.15, 0.2) is 0 Å². The van der Waals surface area contributed by atoms with E-state index in [-0.39, 0.29) is 6.29 Å². The minimum Gasteiger partial charge on any atom is -0.356 e. The van der Waals surface area contributed by atoms with Crippen molar-refractivity contribution in [1.29, 1.82) is 0 Å². The number of nitrogens with zero attached hydrogens (tertiary/aromatic N) is 1. The van der Waals surface area contributed by atoms with E-state index < -0.39 is 0 Å². The molecule has 1 atom stereocenters. The van der Waals surface area contributed by atoms with E-state index in [1.54, 1.807) is 14.2 Å². The lowest BCUT2D eigenvalue weighted by Crippen LogP contribution is -2.46. The van der Waals surface area contributed by atoms with Crippen LogP contribution in [0.25, 0.3) is 0 Å². The molecule has 0 heterocycles. The van der Waals surface area contributed by atoms with Gasteiger partial charge in [0.25, 0.3) is 0 Å². The predicted octanol–water partition coefficient (Wildman–Crippen LogP) is 1.98. The lowest BCUT2D eigenvalue weighted by Gasteiger charge is -2.35. The molecule has 0 aromatic carbocycles. The summed E-state index contributed by atoms with van der Waals surface area (Å²) in [4.78, 5) is 2.45. The summed E-state index contributed by atoms with van der Waals surface area (Å²) in [6, 6.07) is 1.02. The van der Waals surface area contributed by atoms with E-state index in [9.17, 15) is 0 Å². The number of hydrogen-bond donors (Lipinski definition) is 1. The zero-order valence-corrected chi connectivity index (χ0v) is 12.2. The molecular weight excluding hydrogens is 228 g/mol. The zero-order chi connectivity index (χ0) is 13.4. The predicted molar refractivity (Wildman–Crippen MR) is 74.5 cm³/mol. The molecule has 0 saturated heterocycles. The third-order valence-electron chi connectivity index (χ3n) is 4.24. The Morgan fingerprint density at radius 1 is 1.11 bits per heavy atom. The van der Waals surface area contributed by atoms with E-state index in [4.69, 9.17) is 15.2 Å².